The van der Waals surface area contributed by atoms with Gasteiger partial charge in [-0.25, -0.2) is 0 Å². The van der Waals surface area contributed by atoms with Gasteiger partial charge in [-0.05, 0) is 37.5 Å². The first-order valence-electron chi connectivity index (χ1n) is 7.97. The predicted molar refractivity (Wildman–Crippen MR) is 87.2 cm³/mol. The van der Waals surface area contributed by atoms with Gasteiger partial charge in [0.05, 0.1) is 18.6 Å². The highest BCUT2D eigenvalue weighted by Gasteiger charge is 2.51. The summed E-state index contributed by atoms with van der Waals surface area (Å²) in [7, 11) is 0. The summed E-state index contributed by atoms with van der Waals surface area (Å²) in [4.78, 5) is 15.0. The van der Waals surface area contributed by atoms with Crippen LogP contribution in [-0.4, -0.2) is 49.7 Å². The van der Waals surface area contributed by atoms with Crippen LogP contribution >= 0.6 is 11.6 Å². The van der Waals surface area contributed by atoms with Crippen molar-refractivity contribution < 1.29 is 9.53 Å². The Bertz CT molecular complexity index is 522. The van der Waals surface area contributed by atoms with Crippen LogP contribution in [0.15, 0.2) is 24.3 Å². The van der Waals surface area contributed by atoms with E-state index in [1.165, 1.54) is 0 Å². The Balaban J connectivity index is 1.57. The maximum Gasteiger partial charge on any atom is 0.230 e. The molecular formula is C17H23ClN2O2. The molecule has 120 valence electrons. The van der Waals surface area contributed by atoms with Crippen molar-refractivity contribution in [3.05, 3.63) is 34.9 Å². The molecule has 0 radical (unpaired) electrons. The lowest BCUT2D eigenvalue weighted by Gasteiger charge is -2.30. The minimum Gasteiger partial charge on any atom is -0.379 e. The molecule has 0 spiro atoms. The zero-order valence-electron chi connectivity index (χ0n) is 13.0. The minimum atomic E-state index is -0.330. The number of ether oxygens (including phenoxy) is 1. The summed E-state index contributed by atoms with van der Waals surface area (Å²) in [5, 5.41) is 3.90. The molecule has 1 atom stereocenters. The summed E-state index contributed by atoms with van der Waals surface area (Å²) in [6.45, 7) is 6.42. The number of benzene rings is 1. The maximum atomic E-state index is 12.7. The molecule has 0 aromatic heterocycles. The van der Waals surface area contributed by atoms with Crippen LogP contribution in [0, 0.1) is 0 Å². The van der Waals surface area contributed by atoms with Gasteiger partial charge >= 0.3 is 0 Å². The fraction of sp³-hybridized carbons (Fsp3) is 0.588. The maximum absolute atomic E-state index is 12.7. The first kappa shape index (κ1) is 15.8. The largest absolute Gasteiger partial charge is 0.379 e. The Morgan fingerprint density at radius 2 is 1.95 bits per heavy atom. The molecule has 2 aliphatic rings. The second-order valence-corrected chi connectivity index (χ2v) is 6.81. The van der Waals surface area contributed by atoms with Gasteiger partial charge in [0, 0.05) is 30.7 Å². The monoisotopic (exact) mass is 322 g/mol. The molecule has 1 aliphatic carbocycles. The van der Waals surface area contributed by atoms with Crippen LogP contribution in [0.5, 0.6) is 0 Å². The van der Waals surface area contributed by atoms with Gasteiger partial charge in [0.15, 0.2) is 0 Å². The average Bonchev–Trinajstić information content (AvgIpc) is 3.30. The van der Waals surface area contributed by atoms with Crippen LogP contribution in [0.25, 0.3) is 0 Å². The third kappa shape index (κ3) is 3.45. The molecule has 0 unspecified atom stereocenters. The number of rotatable bonds is 5. The number of carbonyl (C=O) groups is 1. The van der Waals surface area contributed by atoms with Crippen molar-refractivity contribution in [2.45, 2.75) is 31.2 Å². The number of amides is 1. The number of hydrogen-bond acceptors (Lipinski definition) is 3. The third-order valence-corrected chi connectivity index (χ3v) is 4.85. The average molecular weight is 323 g/mol. The zero-order valence-corrected chi connectivity index (χ0v) is 13.7. The van der Waals surface area contributed by atoms with E-state index in [2.05, 4.69) is 17.1 Å². The van der Waals surface area contributed by atoms with E-state index in [1.54, 1.807) is 0 Å². The highest BCUT2D eigenvalue weighted by Crippen LogP contribution is 2.48. The first-order chi connectivity index (χ1) is 10.6. The van der Waals surface area contributed by atoms with E-state index in [9.17, 15) is 4.79 Å². The molecule has 1 aromatic carbocycles. The van der Waals surface area contributed by atoms with Crippen molar-refractivity contribution in [3.63, 3.8) is 0 Å². The summed E-state index contributed by atoms with van der Waals surface area (Å²) in [5.74, 6) is 0.149. The Hall–Kier alpha value is -1.10. The van der Waals surface area contributed by atoms with Crippen LogP contribution in [0.3, 0.4) is 0 Å². The lowest BCUT2D eigenvalue weighted by molar-refractivity contribution is -0.124. The lowest BCUT2D eigenvalue weighted by Crippen LogP contribution is -2.48. The van der Waals surface area contributed by atoms with E-state index in [1.807, 2.05) is 24.3 Å². The SMILES string of the molecule is C[C@@H](CN1CCOCC1)NC(=O)C1(c2ccc(Cl)cc2)CC1. The van der Waals surface area contributed by atoms with Crippen molar-refractivity contribution >= 4 is 17.5 Å². The summed E-state index contributed by atoms with van der Waals surface area (Å²) in [5.41, 5.74) is 0.747. The van der Waals surface area contributed by atoms with Gasteiger partial charge in [0.1, 0.15) is 0 Å². The van der Waals surface area contributed by atoms with Crippen LogP contribution in [-0.2, 0) is 14.9 Å². The van der Waals surface area contributed by atoms with E-state index >= 15 is 0 Å². The molecule has 5 heteroatoms. The number of hydrogen-bond donors (Lipinski definition) is 1. The van der Waals surface area contributed by atoms with Gasteiger partial charge in [-0.1, -0.05) is 23.7 Å². The summed E-state index contributed by atoms with van der Waals surface area (Å²) < 4.78 is 5.35. The molecule has 1 saturated heterocycles. The second kappa shape index (κ2) is 6.57. The number of nitrogens with one attached hydrogen (secondary N) is 1. The second-order valence-electron chi connectivity index (χ2n) is 6.38. The van der Waals surface area contributed by atoms with E-state index in [0.29, 0.717) is 5.02 Å². The minimum absolute atomic E-state index is 0.148. The van der Waals surface area contributed by atoms with E-state index in [0.717, 1.165) is 51.3 Å². The van der Waals surface area contributed by atoms with Crippen molar-refractivity contribution in [1.82, 2.24) is 10.2 Å². The number of morpholine rings is 1. The molecule has 1 N–H and O–H groups in total. The molecule has 1 saturated carbocycles. The van der Waals surface area contributed by atoms with E-state index in [4.69, 9.17) is 16.3 Å². The topological polar surface area (TPSA) is 41.6 Å². The Labute approximate surface area is 136 Å². The molecular weight excluding hydrogens is 300 g/mol. The molecule has 2 fully saturated rings. The van der Waals surface area contributed by atoms with Crippen molar-refractivity contribution in [2.75, 3.05) is 32.8 Å². The molecule has 22 heavy (non-hydrogen) atoms. The quantitative estimate of drug-likeness (QED) is 0.903. The molecule has 1 aromatic rings. The lowest BCUT2D eigenvalue weighted by atomic mass is 9.94. The van der Waals surface area contributed by atoms with Gasteiger partial charge in [-0.15, -0.1) is 0 Å². The molecule has 4 nitrogen and oxygen atoms in total. The van der Waals surface area contributed by atoms with Crippen LogP contribution < -0.4 is 5.32 Å². The molecule has 1 heterocycles. The van der Waals surface area contributed by atoms with Crippen LogP contribution in [0.2, 0.25) is 5.02 Å². The number of halogens is 1. The number of carbonyl (C=O) groups excluding carboxylic acids is 1. The Morgan fingerprint density at radius 3 is 2.55 bits per heavy atom. The normalized spacial score (nSPS) is 22.1. The van der Waals surface area contributed by atoms with E-state index < -0.39 is 0 Å². The molecule has 1 amide bonds. The van der Waals surface area contributed by atoms with Crippen LogP contribution in [0.1, 0.15) is 25.3 Å². The molecule has 3 rings (SSSR count). The van der Waals surface area contributed by atoms with Crippen LogP contribution in [0.4, 0.5) is 0 Å². The van der Waals surface area contributed by atoms with Crippen molar-refractivity contribution in [1.29, 1.82) is 0 Å². The van der Waals surface area contributed by atoms with Gasteiger partial charge < -0.3 is 10.1 Å². The van der Waals surface area contributed by atoms with Gasteiger partial charge in [0.25, 0.3) is 0 Å². The smallest absolute Gasteiger partial charge is 0.230 e. The molecule has 1 aliphatic heterocycles. The van der Waals surface area contributed by atoms with Crippen molar-refractivity contribution in [3.8, 4) is 0 Å². The predicted octanol–water partition coefficient (Wildman–Crippen LogP) is 2.21. The summed E-state index contributed by atoms with van der Waals surface area (Å²) in [6.07, 6.45) is 1.84. The van der Waals surface area contributed by atoms with E-state index in [-0.39, 0.29) is 17.4 Å². The Kier molecular flexibility index (Phi) is 4.71. The highest BCUT2D eigenvalue weighted by atomic mass is 35.5. The van der Waals surface area contributed by atoms with Gasteiger partial charge in [0.2, 0.25) is 5.91 Å². The summed E-state index contributed by atoms with van der Waals surface area (Å²) in [6, 6.07) is 7.82. The Morgan fingerprint density at radius 1 is 1.32 bits per heavy atom. The van der Waals surface area contributed by atoms with Gasteiger partial charge in [-0.2, -0.15) is 0 Å². The highest BCUT2D eigenvalue weighted by molar-refractivity contribution is 6.30. The standard InChI is InChI=1S/C17H23ClN2O2/c1-13(12-20-8-10-22-11-9-20)19-16(21)17(6-7-17)14-2-4-15(18)5-3-14/h2-5,13H,6-12H2,1H3,(H,19,21)/t13-/m0/s1. The number of nitrogens with zero attached hydrogens (tertiary/aromatic N) is 1. The molecule has 0 bridgehead atoms. The van der Waals surface area contributed by atoms with Crippen molar-refractivity contribution in [2.24, 2.45) is 0 Å². The fourth-order valence-corrected chi connectivity index (χ4v) is 3.25. The third-order valence-electron chi connectivity index (χ3n) is 4.59. The van der Waals surface area contributed by atoms with Gasteiger partial charge in [-0.3, -0.25) is 9.69 Å². The first-order valence-corrected chi connectivity index (χ1v) is 8.35. The zero-order chi connectivity index (χ0) is 15.6. The fourth-order valence-electron chi connectivity index (χ4n) is 3.12. The summed E-state index contributed by atoms with van der Waals surface area (Å²) >= 11 is 5.94.